The Balaban J connectivity index is 2.27. The van der Waals surface area contributed by atoms with E-state index < -0.39 is 17.5 Å². The molecular formula is C12H15F3N2. The Kier molecular flexibility index (Phi) is 3.28. The molecule has 2 atom stereocenters. The summed E-state index contributed by atoms with van der Waals surface area (Å²) in [4.78, 5) is 1.86. The van der Waals surface area contributed by atoms with Gasteiger partial charge in [-0.15, -0.1) is 0 Å². The van der Waals surface area contributed by atoms with Crippen LogP contribution in [-0.2, 0) is 0 Å². The third-order valence-electron chi connectivity index (χ3n) is 2.89. The van der Waals surface area contributed by atoms with Crippen molar-refractivity contribution in [2.24, 2.45) is 0 Å². The van der Waals surface area contributed by atoms with E-state index in [2.05, 4.69) is 5.32 Å². The molecule has 1 aromatic rings. The van der Waals surface area contributed by atoms with Crippen molar-refractivity contribution in [2.75, 3.05) is 18.0 Å². The third kappa shape index (κ3) is 2.54. The number of hydrogen-bond donors (Lipinski definition) is 1. The van der Waals surface area contributed by atoms with E-state index in [4.69, 9.17) is 0 Å². The molecule has 0 bridgehead atoms. The van der Waals surface area contributed by atoms with Gasteiger partial charge in [-0.2, -0.15) is 0 Å². The van der Waals surface area contributed by atoms with Crippen molar-refractivity contribution in [3.63, 3.8) is 0 Å². The van der Waals surface area contributed by atoms with Crippen molar-refractivity contribution in [3.05, 3.63) is 29.6 Å². The van der Waals surface area contributed by atoms with E-state index in [0.717, 1.165) is 12.1 Å². The summed E-state index contributed by atoms with van der Waals surface area (Å²) in [5.74, 6) is -3.69. The minimum atomic E-state index is -1.41. The van der Waals surface area contributed by atoms with Gasteiger partial charge in [0.2, 0.25) is 0 Å². The molecule has 5 heteroatoms. The quantitative estimate of drug-likeness (QED) is 0.762. The van der Waals surface area contributed by atoms with E-state index in [0.29, 0.717) is 18.8 Å². The molecule has 1 N–H and O–H groups in total. The lowest BCUT2D eigenvalue weighted by atomic mass is 10.1. The zero-order valence-electron chi connectivity index (χ0n) is 9.80. The van der Waals surface area contributed by atoms with Crippen LogP contribution in [0.25, 0.3) is 0 Å². The van der Waals surface area contributed by atoms with Crippen molar-refractivity contribution in [2.45, 2.75) is 25.9 Å². The lowest BCUT2D eigenvalue weighted by molar-refractivity contribution is 0.404. The Labute approximate surface area is 98.4 Å². The number of benzene rings is 1. The first-order valence-corrected chi connectivity index (χ1v) is 5.63. The highest BCUT2D eigenvalue weighted by Crippen LogP contribution is 2.22. The zero-order valence-corrected chi connectivity index (χ0v) is 9.80. The van der Waals surface area contributed by atoms with Crippen molar-refractivity contribution < 1.29 is 13.2 Å². The van der Waals surface area contributed by atoms with Gasteiger partial charge in [0, 0.05) is 43.0 Å². The average Bonchev–Trinajstić information content (AvgIpc) is 2.23. The molecule has 94 valence electrons. The molecule has 0 aliphatic carbocycles. The Morgan fingerprint density at radius 2 is 1.53 bits per heavy atom. The fraction of sp³-hybridized carbons (Fsp3) is 0.500. The second kappa shape index (κ2) is 4.56. The van der Waals surface area contributed by atoms with E-state index >= 15 is 0 Å². The standard InChI is InChI=1S/C12H15F3N2/c1-7-5-17(6-8(2)16-7)9-3-10(13)12(15)11(14)4-9/h3-4,7-8,16H,5-6H2,1-2H3/t7-,8-/m1/s1. The number of nitrogens with one attached hydrogen (secondary N) is 1. The molecule has 2 nitrogen and oxygen atoms in total. The fourth-order valence-corrected chi connectivity index (χ4v) is 2.26. The maximum Gasteiger partial charge on any atom is 0.194 e. The summed E-state index contributed by atoms with van der Waals surface area (Å²) in [7, 11) is 0. The molecule has 1 aromatic carbocycles. The number of rotatable bonds is 1. The lowest BCUT2D eigenvalue weighted by Crippen LogP contribution is -2.54. The Morgan fingerprint density at radius 1 is 1.06 bits per heavy atom. The summed E-state index contributed by atoms with van der Waals surface area (Å²) in [5.41, 5.74) is 0.390. The minimum Gasteiger partial charge on any atom is -0.368 e. The molecule has 17 heavy (non-hydrogen) atoms. The molecule has 1 heterocycles. The van der Waals surface area contributed by atoms with Crippen molar-refractivity contribution in [1.82, 2.24) is 5.32 Å². The smallest absolute Gasteiger partial charge is 0.194 e. The second-order valence-corrected chi connectivity index (χ2v) is 4.60. The Hall–Kier alpha value is -1.23. The van der Waals surface area contributed by atoms with Crippen LogP contribution in [0, 0.1) is 17.5 Å². The van der Waals surface area contributed by atoms with Crippen LogP contribution >= 0.6 is 0 Å². The highest BCUT2D eigenvalue weighted by Gasteiger charge is 2.23. The molecule has 0 saturated carbocycles. The number of piperazine rings is 1. The van der Waals surface area contributed by atoms with Crippen LogP contribution < -0.4 is 10.2 Å². The largest absolute Gasteiger partial charge is 0.368 e. The molecule has 0 spiro atoms. The number of nitrogens with zero attached hydrogens (tertiary/aromatic N) is 1. The van der Waals surface area contributed by atoms with E-state index in [9.17, 15) is 13.2 Å². The van der Waals surface area contributed by atoms with Gasteiger partial charge in [0.15, 0.2) is 17.5 Å². The van der Waals surface area contributed by atoms with Gasteiger partial charge in [0.1, 0.15) is 0 Å². The average molecular weight is 244 g/mol. The highest BCUT2D eigenvalue weighted by molar-refractivity contribution is 5.48. The SMILES string of the molecule is C[C@@H]1CN(c2cc(F)c(F)c(F)c2)C[C@@H](C)N1. The maximum absolute atomic E-state index is 13.1. The zero-order chi connectivity index (χ0) is 12.6. The molecular weight excluding hydrogens is 229 g/mol. The first-order chi connectivity index (χ1) is 7.97. The van der Waals surface area contributed by atoms with Crippen LogP contribution in [0.3, 0.4) is 0 Å². The van der Waals surface area contributed by atoms with Gasteiger partial charge in [-0.1, -0.05) is 0 Å². The van der Waals surface area contributed by atoms with E-state index in [1.54, 1.807) is 0 Å². The highest BCUT2D eigenvalue weighted by atomic mass is 19.2. The van der Waals surface area contributed by atoms with Gasteiger partial charge >= 0.3 is 0 Å². The van der Waals surface area contributed by atoms with Crippen molar-refractivity contribution in [3.8, 4) is 0 Å². The first kappa shape index (κ1) is 12.2. The topological polar surface area (TPSA) is 15.3 Å². The minimum absolute atomic E-state index is 0.231. The molecule has 1 aliphatic heterocycles. The van der Waals surface area contributed by atoms with Gasteiger partial charge in [0.25, 0.3) is 0 Å². The lowest BCUT2D eigenvalue weighted by Gasteiger charge is -2.37. The van der Waals surface area contributed by atoms with Crippen LogP contribution in [0.2, 0.25) is 0 Å². The van der Waals surface area contributed by atoms with Crippen LogP contribution in [0.5, 0.6) is 0 Å². The monoisotopic (exact) mass is 244 g/mol. The molecule has 2 rings (SSSR count). The molecule has 1 fully saturated rings. The Morgan fingerprint density at radius 3 is 2.00 bits per heavy atom. The number of halogens is 3. The maximum atomic E-state index is 13.1. The van der Waals surface area contributed by atoms with Gasteiger partial charge in [0.05, 0.1) is 0 Å². The summed E-state index contributed by atoms with van der Waals surface area (Å²) >= 11 is 0. The van der Waals surface area contributed by atoms with Gasteiger partial charge in [-0.25, -0.2) is 13.2 Å². The van der Waals surface area contributed by atoms with E-state index in [1.165, 1.54) is 0 Å². The summed E-state index contributed by atoms with van der Waals surface area (Å²) in [5, 5.41) is 3.32. The summed E-state index contributed by atoms with van der Waals surface area (Å²) in [6.45, 7) is 5.29. The second-order valence-electron chi connectivity index (χ2n) is 4.60. The van der Waals surface area contributed by atoms with Crippen LogP contribution in [-0.4, -0.2) is 25.2 Å². The Bertz CT molecular complexity index is 389. The number of hydrogen-bond acceptors (Lipinski definition) is 2. The third-order valence-corrected chi connectivity index (χ3v) is 2.89. The van der Waals surface area contributed by atoms with Crippen LogP contribution in [0.4, 0.5) is 18.9 Å². The fourth-order valence-electron chi connectivity index (χ4n) is 2.26. The predicted molar refractivity (Wildman–Crippen MR) is 60.6 cm³/mol. The van der Waals surface area contributed by atoms with E-state index in [1.807, 2.05) is 18.7 Å². The van der Waals surface area contributed by atoms with Gasteiger partial charge in [-0.3, -0.25) is 0 Å². The molecule has 0 radical (unpaired) electrons. The van der Waals surface area contributed by atoms with E-state index in [-0.39, 0.29) is 12.1 Å². The summed E-state index contributed by atoms with van der Waals surface area (Å²) in [6, 6.07) is 2.55. The van der Waals surface area contributed by atoms with Gasteiger partial charge in [-0.05, 0) is 13.8 Å². The molecule has 1 aliphatic rings. The normalized spacial score (nSPS) is 25.1. The molecule has 0 amide bonds. The van der Waals surface area contributed by atoms with Crippen molar-refractivity contribution >= 4 is 5.69 Å². The number of anilines is 1. The summed E-state index contributed by atoms with van der Waals surface area (Å²) < 4.78 is 39.1. The molecule has 0 unspecified atom stereocenters. The summed E-state index contributed by atoms with van der Waals surface area (Å²) in [6.07, 6.45) is 0. The predicted octanol–water partition coefficient (Wildman–Crippen LogP) is 2.29. The van der Waals surface area contributed by atoms with Crippen molar-refractivity contribution in [1.29, 1.82) is 0 Å². The van der Waals surface area contributed by atoms with Crippen LogP contribution in [0.1, 0.15) is 13.8 Å². The van der Waals surface area contributed by atoms with Gasteiger partial charge < -0.3 is 10.2 Å². The molecule has 0 aromatic heterocycles. The molecule has 1 saturated heterocycles. The first-order valence-electron chi connectivity index (χ1n) is 5.63. The van der Waals surface area contributed by atoms with Crippen LogP contribution in [0.15, 0.2) is 12.1 Å².